The summed E-state index contributed by atoms with van der Waals surface area (Å²) in [6.07, 6.45) is 0. The normalized spacial score (nSPS) is 11.4. The number of hydrogen-bond donors (Lipinski definition) is 4. The number of pyridine rings is 8. The van der Waals surface area contributed by atoms with Gasteiger partial charge in [-0.15, -0.1) is 0 Å². The fraction of sp³-hybridized carbons (Fsp3) is 0.0851. The van der Waals surface area contributed by atoms with Crippen molar-refractivity contribution in [2.24, 2.45) is 0 Å². The molecule has 12 heterocycles. The zero-order valence-electron chi connectivity index (χ0n) is 66.8. The van der Waals surface area contributed by atoms with E-state index in [0.29, 0.717) is 92.6 Å². The number of aryl methyl sites for hydroxylation is 4. The molecule has 0 aliphatic carbocycles. The quantitative estimate of drug-likeness (QED) is 0.0580. The predicted molar refractivity (Wildman–Crippen MR) is 475 cm³/mol. The van der Waals surface area contributed by atoms with Crippen LogP contribution in [0.3, 0.4) is 0 Å². The van der Waals surface area contributed by atoms with Crippen LogP contribution in [-0.2, 0) is 26.2 Å². The van der Waals surface area contributed by atoms with E-state index in [9.17, 15) is 85.1 Å². The van der Waals surface area contributed by atoms with Gasteiger partial charge in [0.2, 0.25) is 0 Å². The van der Waals surface area contributed by atoms with Crippen LogP contribution in [0.15, 0.2) is 314 Å². The summed E-state index contributed by atoms with van der Waals surface area (Å²) in [6, 6.07) is 56.2. The predicted octanol–water partition coefficient (Wildman–Crippen LogP) is 18.3. The highest BCUT2D eigenvalue weighted by Gasteiger charge is 2.29. The maximum absolute atomic E-state index is 13.6. The number of halogens is 7. The molecule has 0 aliphatic heterocycles. The van der Waals surface area contributed by atoms with E-state index in [-0.39, 0.29) is 112 Å². The summed E-state index contributed by atoms with van der Waals surface area (Å²) < 4.78 is 107. The van der Waals surface area contributed by atoms with Gasteiger partial charge in [-0.25, -0.2) is 65.5 Å². The van der Waals surface area contributed by atoms with Crippen molar-refractivity contribution in [3.8, 4) is 23.0 Å². The van der Waals surface area contributed by atoms with Crippen molar-refractivity contribution in [2.45, 2.75) is 83.2 Å². The summed E-state index contributed by atoms with van der Waals surface area (Å²) in [4.78, 5) is 123. The molecule has 7 aromatic carbocycles. The summed E-state index contributed by atoms with van der Waals surface area (Å²) in [5.74, 6) is -4.54. The first-order valence-corrected chi connectivity index (χ1v) is 41.7. The summed E-state index contributed by atoms with van der Waals surface area (Å²) >= 11 is 5.63. The third-order valence-electron chi connectivity index (χ3n) is 20.1. The van der Waals surface area contributed by atoms with E-state index in [1.807, 2.05) is 6.07 Å². The second-order valence-electron chi connectivity index (χ2n) is 29.0. The summed E-state index contributed by atoms with van der Waals surface area (Å²) in [6.45, 7) is 7.37. The number of rotatable bonds is 14. The summed E-state index contributed by atoms with van der Waals surface area (Å²) in [5, 5.41) is 44.4. The molecular formula is C94H61BrF6N8O16S3. The zero-order valence-corrected chi connectivity index (χ0v) is 70.9. The van der Waals surface area contributed by atoms with Crippen LogP contribution in [0.25, 0.3) is 88.0 Å². The number of fused-ring (bicyclic) bond motifs is 12. The minimum atomic E-state index is -0.864. The van der Waals surface area contributed by atoms with Gasteiger partial charge in [0.1, 0.15) is 98.2 Å². The fourth-order valence-corrected chi connectivity index (χ4v) is 16.9. The number of benzene rings is 7. The molecule has 0 amide bonds. The third kappa shape index (κ3) is 17.5. The molecule has 34 heteroatoms. The van der Waals surface area contributed by atoms with Crippen LogP contribution in [0.1, 0.15) is 45.0 Å². The lowest BCUT2D eigenvalue weighted by molar-refractivity contribution is 0.445. The Bertz CT molecular complexity index is 8260. The number of hydrogen-bond acceptors (Lipinski definition) is 23. The maximum atomic E-state index is 13.6. The van der Waals surface area contributed by atoms with Crippen LogP contribution >= 0.6 is 51.2 Å². The van der Waals surface area contributed by atoms with E-state index in [1.54, 1.807) is 155 Å². The topological polar surface area (TPSA) is 341 Å². The first-order chi connectivity index (χ1) is 61.4. The van der Waals surface area contributed by atoms with Crippen LogP contribution < -0.4 is 44.7 Å². The monoisotopic (exact) mass is 1850 g/mol. The Morgan fingerprint density at radius 1 is 0.297 bits per heavy atom. The second kappa shape index (κ2) is 36.0. The van der Waals surface area contributed by atoms with Crippen molar-refractivity contribution in [1.82, 2.24) is 38.2 Å². The summed E-state index contributed by atoms with van der Waals surface area (Å²) in [7, 11) is 0. The zero-order chi connectivity index (χ0) is 90.4. The first kappa shape index (κ1) is 86.6. The van der Waals surface area contributed by atoms with Crippen LogP contribution in [0.4, 0.5) is 26.3 Å². The molecule has 19 aromatic rings. The van der Waals surface area contributed by atoms with Gasteiger partial charge < -0.3 is 38.1 Å². The molecule has 640 valence electrons. The second-order valence-corrected chi connectivity index (χ2v) is 33.0. The van der Waals surface area contributed by atoms with Crippen molar-refractivity contribution < 1.29 is 64.4 Å². The Kier molecular flexibility index (Phi) is 24.4. The molecule has 0 bridgehead atoms. The number of nitrogens with zero attached hydrogens (tertiary/aromatic N) is 8. The molecule has 19 rings (SSSR count). The van der Waals surface area contributed by atoms with Gasteiger partial charge in [-0.05, 0) is 218 Å². The average molecular weight is 1850 g/mol. The highest BCUT2D eigenvalue weighted by Crippen LogP contribution is 2.42. The Balaban J connectivity index is 0.000000126. The molecule has 0 radical (unpaired) electrons. The molecule has 0 saturated carbocycles. The van der Waals surface area contributed by atoms with Crippen molar-refractivity contribution >= 4 is 139 Å². The smallest absolute Gasteiger partial charge is 0.354 e. The SMILES string of the molecule is Cc1ccc2c3oc(=O)c(Br)c(O)c3c(=O)n(Cc3ccc(F)cc3)c2n1.Cc1ccc2c3oc(=O)c(Sc4ccc(F)cc4)c(O)c3c(=O)n(Cc3ccc(F)cc3)c2n1.Cc1ccc2c3oc(=O)c(Sc4cccc(F)c4)c(O)c3c(=O)n(Cc3ccc(F)cc3)c2n1.Cc1ccc2c3oc(=O)c(Sc4ccccc4)c(O)c3c(=O)n(Cc3ccc(F)cc3)c2n1. The Morgan fingerprint density at radius 3 is 0.852 bits per heavy atom. The lowest BCUT2D eigenvalue weighted by Gasteiger charge is -2.14. The fourth-order valence-electron chi connectivity index (χ4n) is 14.0. The minimum Gasteiger partial charge on any atom is -0.506 e. The minimum absolute atomic E-state index is 0.0160. The van der Waals surface area contributed by atoms with E-state index in [1.165, 1.54) is 109 Å². The van der Waals surface area contributed by atoms with Crippen LogP contribution in [0.5, 0.6) is 23.0 Å². The lowest BCUT2D eigenvalue weighted by Crippen LogP contribution is -2.23. The van der Waals surface area contributed by atoms with E-state index >= 15 is 0 Å². The van der Waals surface area contributed by atoms with Crippen molar-refractivity contribution in [3.05, 3.63) is 392 Å². The molecule has 4 N–H and O–H groups in total. The van der Waals surface area contributed by atoms with Gasteiger partial charge in [-0.2, -0.15) is 0 Å². The average Bonchev–Trinajstić information content (AvgIpc) is 0.753. The number of aromatic hydroxyl groups is 4. The van der Waals surface area contributed by atoms with Crippen molar-refractivity contribution in [3.63, 3.8) is 0 Å². The molecule has 24 nitrogen and oxygen atoms in total. The van der Waals surface area contributed by atoms with E-state index < -0.39 is 91.0 Å². The molecule has 0 spiro atoms. The summed E-state index contributed by atoms with van der Waals surface area (Å²) in [5.41, 5.74) is 0.551. The molecule has 0 fully saturated rings. The largest absolute Gasteiger partial charge is 0.506 e. The van der Waals surface area contributed by atoms with Gasteiger partial charge in [-0.1, -0.05) is 108 Å². The molecule has 0 aliphatic rings. The maximum Gasteiger partial charge on any atom is 0.354 e. The Hall–Kier alpha value is -14.9. The van der Waals surface area contributed by atoms with Crippen molar-refractivity contribution in [1.29, 1.82) is 0 Å². The van der Waals surface area contributed by atoms with E-state index in [0.717, 1.165) is 35.3 Å². The van der Waals surface area contributed by atoms with Gasteiger partial charge in [0.15, 0.2) is 45.3 Å². The van der Waals surface area contributed by atoms with Crippen molar-refractivity contribution in [2.75, 3.05) is 0 Å². The first-order valence-electron chi connectivity index (χ1n) is 38.4. The van der Waals surface area contributed by atoms with Gasteiger partial charge in [-0.3, -0.25) is 37.4 Å². The molecule has 0 unspecified atom stereocenters. The van der Waals surface area contributed by atoms with Crippen LogP contribution in [0.2, 0.25) is 0 Å². The van der Waals surface area contributed by atoms with E-state index in [4.69, 9.17) is 17.7 Å². The molecule has 0 atom stereocenters. The van der Waals surface area contributed by atoms with Gasteiger partial charge >= 0.3 is 22.5 Å². The van der Waals surface area contributed by atoms with Gasteiger partial charge in [0, 0.05) is 37.5 Å². The molecule has 12 aromatic heterocycles. The molecular weight excluding hydrogens is 1790 g/mol. The highest BCUT2D eigenvalue weighted by atomic mass is 79.9. The van der Waals surface area contributed by atoms with E-state index in [2.05, 4.69) is 35.9 Å². The molecule has 128 heavy (non-hydrogen) atoms. The molecule has 0 saturated heterocycles. The highest BCUT2D eigenvalue weighted by molar-refractivity contribution is 9.10. The van der Waals surface area contributed by atoms with Gasteiger partial charge in [0.05, 0.1) is 47.7 Å². The van der Waals surface area contributed by atoms with Gasteiger partial charge in [0.25, 0.3) is 22.2 Å². The number of aromatic nitrogens is 8. The Labute approximate surface area is 735 Å². The standard InChI is InChI=1S/2C25H16F2N2O4S.C25H17FN2O4S.C19H12BrFN2O4/c1-13-2-11-18-21-19(20(30)22(25(32)33-21)34-17-9-7-16(27)8-10-17)24(31)29(23(18)28-13)12-14-3-5-15(26)6-4-14;1-13-5-10-18-21-19(20(30)22(25(32)33-21)34-17-4-2-3-16(27)11-17)24(31)29(23(18)28-13)12-14-6-8-15(26)9-7-14;1-14-7-12-18-21-19(20(29)22(25(31)32-21)33-17-5-3-2-4-6-17)24(30)28(23(18)27-14)13-15-8-10-16(26)11-9-15;1-9-2-7-12-16-13(15(24)14(20)19(26)27-16)18(25)23(17(12)22-9)8-10-3-5-11(21)6-4-10/h2*2-11,30H,12H2,1H3;2-12,29H,13H2,1H3;2-7,24H,8H2,1H3. The third-order valence-corrected chi connectivity index (χ3v) is 24.0. The van der Waals surface area contributed by atoms with Crippen LogP contribution in [0, 0.1) is 62.6 Å². The lowest BCUT2D eigenvalue weighted by atomic mass is 10.1. The Morgan fingerprint density at radius 2 is 0.555 bits per heavy atom. The van der Waals surface area contributed by atoms with Crippen LogP contribution in [-0.4, -0.2) is 58.6 Å².